The molecule has 0 saturated heterocycles. The van der Waals surface area contributed by atoms with Crippen molar-refractivity contribution < 1.29 is 18.3 Å². The highest BCUT2D eigenvalue weighted by Gasteiger charge is 2.43. The third kappa shape index (κ3) is 3.48. The third-order valence-electron chi connectivity index (χ3n) is 6.13. The first-order chi connectivity index (χ1) is 16.4. The summed E-state index contributed by atoms with van der Waals surface area (Å²) in [5, 5.41) is 0.416. The molecule has 170 valence electrons. The lowest BCUT2D eigenvalue weighted by Crippen LogP contribution is -2.29. The number of halogens is 1. The van der Waals surface area contributed by atoms with E-state index in [2.05, 4.69) is 6.58 Å². The summed E-state index contributed by atoms with van der Waals surface area (Å²) in [7, 11) is 0. The van der Waals surface area contributed by atoms with E-state index in [4.69, 9.17) is 9.15 Å². The average molecular weight is 455 g/mol. The Morgan fingerprint density at radius 1 is 1.06 bits per heavy atom. The minimum absolute atomic E-state index is 0.00695. The summed E-state index contributed by atoms with van der Waals surface area (Å²) in [4.78, 5) is 28.9. The smallest absolute Gasteiger partial charge is 0.295 e. The van der Waals surface area contributed by atoms with Gasteiger partial charge in [0, 0.05) is 5.69 Å². The molecule has 0 fully saturated rings. The molecule has 1 atom stereocenters. The molecule has 0 bridgehead atoms. The van der Waals surface area contributed by atoms with Gasteiger partial charge in [0.15, 0.2) is 5.43 Å². The van der Waals surface area contributed by atoms with Gasteiger partial charge < -0.3 is 9.15 Å². The lowest BCUT2D eigenvalue weighted by molar-refractivity contribution is 0.0971. The Hall–Kier alpha value is -4.19. The zero-order valence-corrected chi connectivity index (χ0v) is 18.8. The Morgan fingerprint density at radius 2 is 1.79 bits per heavy atom. The SMILES string of the molecule is C=CCOc1cccc(C2c3c(oc4cc(C)c(C)cc4c3=O)C(=O)N2c2ccc(F)cc2)c1. The first kappa shape index (κ1) is 21.6. The fourth-order valence-electron chi connectivity index (χ4n) is 4.34. The number of aryl methyl sites for hydroxylation is 2. The molecule has 0 N–H and O–H groups in total. The highest BCUT2D eigenvalue weighted by atomic mass is 19.1. The number of nitrogens with zero attached hydrogens (tertiary/aromatic N) is 1. The van der Waals surface area contributed by atoms with Crippen molar-refractivity contribution >= 4 is 22.6 Å². The van der Waals surface area contributed by atoms with Crippen molar-refractivity contribution in [1.82, 2.24) is 0 Å². The Morgan fingerprint density at radius 3 is 2.53 bits per heavy atom. The summed E-state index contributed by atoms with van der Waals surface area (Å²) in [6.45, 7) is 7.83. The van der Waals surface area contributed by atoms with E-state index in [9.17, 15) is 14.0 Å². The maximum Gasteiger partial charge on any atom is 0.295 e. The zero-order chi connectivity index (χ0) is 24.0. The summed E-state index contributed by atoms with van der Waals surface area (Å²) in [5.74, 6) is -0.307. The maximum atomic E-state index is 13.8. The standard InChI is InChI=1S/C28H22FNO4/c1-4-12-33-21-7-5-6-18(15-21)25-24-26(31)22-13-16(2)17(3)14-23(22)34-27(24)28(32)30(25)20-10-8-19(29)9-11-20/h4-11,13-15,25H,1,12H2,2-3H3. The highest BCUT2D eigenvalue weighted by molar-refractivity contribution is 6.10. The van der Waals surface area contributed by atoms with Crippen LogP contribution in [0, 0.1) is 19.7 Å². The number of amides is 1. The third-order valence-corrected chi connectivity index (χ3v) is 6.13. The van der Waals surface area contributed by atoms with Crippen molar-refractivity contribution in [2.45, 2.75) is 19.9 Å². The molecule has 1 aliphatic rings. The van der Waals surface area contributed by atoms with Gasteiger partial charge in [-0.25, -0.2) is 4.39 Å². The maximum absolute atomic E-state index is 13.8. The zero-order valence-electron chi connectivity index (χ0n) is 18.8. The average Bonchev–Trinajstić information content (AvgIpc) is 3.12. The van der Waals surface area contributed by atoms with E-state index in [1.54, 1.807) is 36.4 Å². The van der Waals surface area contributed by atoms with Gasteiger partial charge in [-0.05, 0) is 79.1 Å². The molecule has 1 aromatic heterocycles. The Labute approximate surface area is 195 Å². The summed E-state index contributed by atoms with van der Waals surface area (Å²) < 4.78 is 25.4. The van der Waals surface area contributed by atoms with Gasteiger partial charge in [0.25, 0.3) is 5.91 Å². The number of hydrogen-bond donors (Lipinski definition) is 0. The van der Waals surface area contributed by atoms with Crippen molar-refractivity contribution in [1.29, 1.82) is 0 Å². The summed E-state index contributed by atoms with van der Waals surface area (Å²) in [6.07, 6.45) is 1.64. The molecular weight excluding hydrogens is 433 g/mol. The number of anilines is 1. The number of fused-ring (bicyclic) bond motifs is 2. The van der Waals surface area contributed by atoms with Crippen LogP contribution in [-0.4, -0.2) is 12.5 Å². The van der Waals surface area contributed by atoms with E-state index < -0.39 is 17.8 Å². The molecule has 0 aliphatic carbocycles. The van der Waals surface area contributed by atoms with Crippen LogP contribution in [0.3, 0.4) is 0 Å². The minimum Gasteiger partial charge on any atom is -0.490 e. The molecule has 2 heterocycles. The van der Waals surface area contributed by atoms with Gasteiger partial charge in [-0.3, -0.25) is 14.5 Å². The molecule has 4 aromatic rings. The Bertz CT molecular complexity index is 1500. The second-order valence-electron chi connectivity index (χ2n) is 8.33. The fraction of sp³-hybridized carbons (Fsp3) is 0.143. The second-order valence-corrected chi connectivity index (χ2v) is 8.33. The van der Waals surface area contributed by atoms with E-state index in [1.165, 1.54) is 29.2 Å². The van der Waals surface area contributed by atoms with Gasteiger partial charge in [-0.15, -0.1) is 0 Å². The van der Waals surface area contributed by atoms with E-state index in [1.807, 2.05) is 19.9 Å². The molecule has 0 spiro atoms. The van der Waals surface area contributed by atoms with Crippen LogP contribution in [0.2, 0.25) is 0 Å². The first-order valence-electron chi connectivity index (χ1n) is 10.9. The molecular formula is C28H22FNO4. The van der Waals surface area contributed by atoms with Crippen molar-refractivity contribution in [2.75, 3.05) is 11.5 Å². The molecule has 5 nitrogen and oxygen atoms in total. The van der Waals surface area contributed by atoms with E-state index in [-0.39, 0.29) is 16.8 Å². The van der Waals surface area contributed by atoms with Crippen molar-refractivity contribution in [3.05, 3.63) is 117 Å². The van der Waals surface area contributed by atoms with Gasteiger partial charge in [-0.1, -0.05) is 24.8 Å². The predicted octanol–water partition coefficient (Wildman–Crippen LogP) is 5.86. The van der Waals surface area contributed by atoms with E-state index in [0.29, 0.717) is 34.6 Å². The largest absolute Gasteiger partial charge is 0.490 e. The number of benzene rings is 3. The molecule has 3 aromatic carbocycles. The van der Waals surface area contributed by atoms with Crippen molar-refractivity contribution in [3.63, 3.8) is 0 Å². The topological polar surface area (TPSA) is 59.8 Å². The van der Waals surface area contributed by atoms with Crippen molar-refractivity contribution in [2.24, 2.45) is 0 Å². The van der Waals surface area contributed by atoms with Gasteiger partial charge >= 0.3 is 0 Å². The van der Waals surface area contributed by atoms with Gasteiger partial charge in [0.2, 0.25) is 5.76 Å². The van der Waals surface area contributed by atoms with Crippen LogP contribution < -0.4 is 15.1 Å². The number of carbonyl (C=O) groups is 1. The molecule has 1 unspecified atom stereocenters. The molecule has 34 heavy (non-hydrogen) atoms. The van der Waals surface area contributed by atoms with Crippen LogP contribution in [0.15, 0.2) is 82.5 Å². The number of carbonyl (C=O) groups excluding carboxylic acids is 1. The normalized spacial score (nSPS) is 15.0. The Balaban J connectivity index is 1.77. The second kappa shape index (κ2) is 8.30. The molecule has 0 saturated carbocycles. The number of hydrogen-bond acceptors (Lipinski definition) is 4. The summed E-state index contributed by atoms with van der Waals surface area (Å²) in [5.41, 5.74) is 3.40. The van der Waals surface area contributed by atoms with E-state index >= 15 is 0 Å². The highest BCUT2D eigenvalue weighted by Crippen LogP contribution is 2.42. The molecule has 1 aliphatic heterocycles. The van der Waals surface area contributed by atoms with Crippen LogP contribution in [0.5, 0.6) is 5.75 Å². The van der Waals surface area contributed by atoms with Crippen LogP contribution in [-0.2, 0) is 0 Å². The van der Waals surface area contributed by atoms with E-state index in [0.717, 1.165) is 11.1 Å². The predicted molar refractivity (Wildman–Crippen MR) is 129 cm³/mol. The minimum atomic E-state index is -0.762. The quantitative estimate of drug-likeness (QED) is 0.354. The first-order valence-corrected chi connectivity index (χ1v) is 10.9. The van der Waals surface area contributed by atoms with Gasteiger partial charge in [0.05, 0.1) is 17.0 Å². The molecule has 0 radical (unpaired) electrons. The number of ether oxygens (including phenoxy) is 1. The molecule has 1 amide bonds. The monoisotopic (exact) mass is 455 g/mol. The Kier molecular flexibility index (Phi) is 5.28. The van der Waals surface area contributed by atoms with Crippen molar-refractivity contribution in [3.8, 4) is 5.75 Å². The fourth-order valence-corrected chi connectivity index (χ4v) is 4.34. The van der Waals surface area contributed by atoms with Crippen LogP contribution in [0.4, 0.5) is 10.1 Å². The lowest BCUT2D eigenvalue weighted by atomic mass is 9.97. The molecule has 5 rings (SSSR count). The molecule has 6 heteroatoms. The van der Waals surface area contributed by atoms with Crippen LogP contribution in [0.25, 0.3) is 11.0 Å². The van der Waals surface area contributed by atoms with Gasteiger partial charge in [0.1, 0.15) is 23.8 Å². The lowest BCUT2D eigenvalue weighted by Gasteiger charge is -2.25. The summed E-state index contributed by atoms with van der Waals surface area (Å²) >= 11 is 0. The van der Waals surface area contributed by atoms with Crippen LogP contribution >= 0.6 is 0 Å². The van der Waals surface area contributed by atoms with Gasteiger partial charge in [-0.2, -0.15) is 0 Å². The number of rotatable bonds is 5. The summed E-state index contributed by atoms with van der Waals surface area (Å²) in [6, 6.07) is 15.6. The van der Waals surface area contributed by atoms with Crippen LogP contribution in [0.1, 0.15) is 38.9 Å².